The van der Waals surface area contributed by atoms with Crippen molar-refractivity contribution >= 4 is 29.7 Å². The molecule has 21 heavy (non-hydrogen) atoms. The summed E-state index contributed by atoms with van der Waals surface area (Å²) in [5.74, 6) is 0.258. The van der Waals surface area contributed by atoms with Gasteiger partial charge in [-0.15, -0.1) is 23.7 Å². The third kappa shape index (κ3) is 5.28. The maximum absolute atomic E-state index is 12.4. The van der Waals surface area contributed by atoms with Crippen molar-refractivity contribution in [2.45, 2.75) is 44.9 Å². The summed E-state index contributed by atoms with van der Waals surface area (Å²) in [6.07, 6.45) is 7.57. The van der Waals surface area contributed by atoms with E-state index in [0.717, 1.165) is 25.8 Å². The summed E-state index contributed by atoms with van der Waals surface area (Å²) in [6, 6.07) is 4.19. The van der Waals surface area contributed by atoms with Gasteiger partial charge in [-0.25, -0.2) is 0 Å². The Morgan fingerprint density at radius 1 is 1.38 bits per heavy atom. The minimum Gasteiger partial charge on any atom is -0.345 e. The van der Waals surface area contributed by atoms with E-state index in [1.807, 2.05) is 11.9 Å². The van der Waals surface area contributed by atoms with E-state index in [1.165, 1.54) is 24.1 Å². The van der Waals surface area contributed by atoms with Crippen LogP contribution in [0.3, 0.4) is 0 Å². The topological polar surface area (TPSA) is 46.3 Å². The fourth-order valence-electron chi connectivity index (χ4n) is 3.07. The van der Waals surface area contributed by atoms with Crippen LogP contribution in [0.5, 0.6) is 0 Å². The summed E-state index contributed by atoms with van der Waals surface area (Å²) in [5, 5.41) is 2.09. The number of carbonyl (C=O) groups excluding carboxylic acids is 1. The first-order valence-electron chi connectivity index (χ1n) is 7.62. The highest BCUT2D eigenvalue weighted by Gasteiger charge is 2.33. The number of amides is 1. The van der Waals surface area contributed by atoms with E-state index in [9.17, 15) is 4.79 Å². The molecule has 0 spiro atoms. The molecule has 3 nitrogen and oxygen atoms in total. The van der Waals surface area contributed by atoms with E-state index in [4.69, 9.17) is 5.73 Å². The molecule has 2 rings (SSSR count). The maximum Gasteiger partial charge on any atom is 0.222 e. The van der Waals surface area contributed by atoms with E-state index < -0.39 is 0 Å². The van der Waals surface area contributed by atoms with Crippen molar-refractivity contribution in [1.82, 2.24) is 4.90 Å². The number of likely N-dealkylation sites (N-methyl/N-ethyl adjacent to an activating group) is 1. The van der Waals surface area contributed by atoms with E-state index in [0.29, 0.717) is 13.0 Å². The van der Waals surface area contributed by atoms with Crippen LogP contribution in [-0.4, -0.2) is 30.9 Å². The summed E-state index contributed by atoms with van der Waals surface area (Å²) in [5.41, 5.74) is 6.04. The summed E-state index contributed by atoms with van der Waals surface area (Å²) < 4.78 is 0. The Morgan fingerprint density at radius 2 is 2.10 bits per heavy atom. The summed E-state index contributed by atoms with van der Waals surface area (Å²) in [7, 11) is 1.92. The Bertz CT molecular complexity index is 416. The van der Waals surface area contributed by atoms with Gasteiger partial charge < -0.3 is 10.6 Å². The summed E-state index contributed by atoms with van der Waals surface area (Å²) >= 11 is 1.76. The fourth-order valence-corrected chi connectivity index (χ4v) is 3.77. The lowest BCUT2D eigenvalue weighted by atomic mass is 9.71. The van der Waals surface area contributed by atoms with Crippen LogP contribution in [0.2, 0.25) is 0 Å². The molecule has 1 aromatic rings. The first-order valence-corrected chi connectivity index (χ1v) is 8.50. The molecule has 0 radical (unpaired) electrons. The van der Waals surface area contributed by atoms with Crippen molar-refractivity contribution in [3.05, 3.63) is 22.4 Å². The van der Waals surface area contributed by atoms with Gasteiger partial charge in [0.2, 0.25) is 5.91 Å². The first-order chi connectivity index (χ1) is 9.65. The van der Waals surface area contributed by atoms with E-state index >= 15 is 0 Å². The number of nitrogens with two attached hydrogens (primary N) is 1. The Hall–Kier alpha value is -0.580. The molecule has 0 aromatic carbocycles. The van der Waals surface area contributed by atoms with Gasteiger partial charge in [0.05, 0.1) is 0 Å². The molecule has 0 aliphatic heterocycles. The molecule has 0 atom stereocenters. The lowest BCUT2D eigenvalue weighted by molar-refractivity contribution is -0.132. The van der Waals surface area contributed by atoms with E-state index in [-0.39, 0.29) is 23.7 Å². The normalized spacial score (nSPS) is 17.0. The highest BCUT2D eigenvalue weighted by molar-refractivity contribution is 7.09. The Balaban J connectivity index is 0.00000220. The van der Waals surface area contributed by atoms with Crippen LogP contribution in [0.4, 0.5) is 0 Å². The average molecular weight is 331 g/mol. The number of hydrogen-bond acceptors (Lipinski definition) is 3. The minimum absolute atomic E-state index is 0. The van der Waals surface area contributed by atoms with Crippen molar-refractivity contribution in [3.8, 4) is 0 Å². The number of halogens is 1. The lowest BCUT2D eigenvalue weighted by Crippen LogP contribution is -2.39. The lowest BCUT2D eigenvalue weighted by Gasteiger charge is -2.36. The molecule has 1 heterocycles. The molecule has 1 aliphatic rings. The third-order valence-corrected chi connectivity index (χ3v) is 5.51. The minimum atomic E-state index is 0. The maximum atomic E-state index is 12.4. The fraction of sp³-hybridized carbons (Fsp3) is 0.688. The van der Waals surface area contributed by atoms with Crippen LogP contribution in [0.15, 0.2) is 17.5 Å². The van der Waals surface area contributed by atoms with Crippen molar-refractivity contribution in [2.24, 2.45) is 11.1 Å². The second kappa shape index (κ2) is 8.76. The molecule has 1 fully saturated rings. The van der Waals surface area contributed by atoms with Crippen LogP contribution >= 0.6 is 23.7 Å². The van der Waals surface area contributed by atoms with E-state index in [1.54, 1.807) is 11.3 Å². The number of hydrogen-bond donors (Lipinski definition) is 1. The van der Waals surface area contributed by atoms with Crippen molar-refractivity contribution in [1.29, 1.82) is 0 Å². The SMILES string of the molecule is CN(CCc1cccs1)C(=O)CC1(CN)CCCCC1.Cl. The molecule has 2 N–H and O–H groups in total. The van der Waals surface area contributed by atoms with Gasteiger partial charge in [0.1, 0.15) is 0 Å². The van der Waals surface area contributed by atoms with Gasteiger partial charge in [-0.1, -0.05) is 25.3 Å². The van der Waals surface area contributed by atoms with Crippen molar-refractivity contribution in [2.75, 3.05) is 20.1 Å². The first kappa shape index (κ1) is 18.5. The Labute approximate surface area is 138 Å². The summed E-state index contributed by atoms with van der Waals surface area (Å²) in [6.45, 7) is 1.46. The van der Waals surface area contributed by atoms with Crippen LogP contribution in [0, 0.1) is 5.41 Å². The highest BCUT2D eigenvalue weighted by Crippen LogP contribution is 2.38. The zero-order valence-electron chi connectivity index (χ0n) is 12.8. The molecule has 1 aromatic heterocycles. The Kier molecular flexibility index (Phi) is 7.71. The van der Waals surface area contributed by atoms with Gasteiger partial charge in [-0.3, -0.25) is 4.79 Å². The monoisotopic (exact) mass is 330 g/mol. The van der Waals surface area contributed by atoms with E-state index in [2.05, 4.69) is 17.5 Å². The standard InChI is InChI=1S/C16H26N2OS.ClH/c1-18(10-7-14-6-5-11-20-14)15(19)12-16(13-17)8-3-2-4-9-16;/h5-6,11H,2-4,7-10,12-13,17H2,1H3;1H. The second-order valence-corrected chi connectivity index (χ2v) is 7.12. The highest BCUT2D eigenvalue weighted by atomic mass is 35.5. The zero-order chi connectivity index (χ0) is 14.4. The number of nitrogens with zero attached hydrogens (tertiary/aromatic N) is 1. The molecule has 1 saturated carbocycles. The molecular weight excluding hydrogens is 304 g/mol. The molecule has 1 aliphatic carbocycles. The average Bonchev–Trinajstić information content (AvgIpc) is 2.99. The number of carbonyl (C=O) groups is 1. The predicted octanol–water partition coefficient (Wildman–Crippen LogP) is 3.47. The van der Waals surface area contributed by atoms with Gasteiger partial charge in [0, 0.05) is 24.9 Å². The van der Waals surface area contributed by atoms with Gasteiger partial charge in [-0.2, -0.15) is 0 Å². The molecular formula is C16H27ClN2OS. The second-order valence-electron chi connectivity index (χ2n) is 6.09. The van der Waals surface area contributed by atoms with Gasteiger partial charge >= 0.3 is 0 Å². The number of rotatable bonds is 6. The number of thiophene rings is 1. The van der Waals surface area contributed by atoms with Crippen molar-refractivity contribution in [3.63, 3.8) is 0 Å². The van der Waals surface area contributed by atoms with Gasteiger partial charge in [-0.05, 0) is 42.7 Å². The van der Waals surface area contributed by atoms with Crippen LogP contribution in [0.1, 0.15) is 43.4 Å². The largest absolute Gasteiger partial charge is 0.345 e. The molecule has 5 heteroatoms. The molecule has 1 amide bonds. The van der Waals surface area contributed by atoms with Crippen molar-refractivity contribution < 1.29 is 4.79 Å². The van der Waals surface area contributed by atoms with Gasteiger partial charge in [0.25, 0.3) is 0 Å². The van der Waals surface area contributed by atoms with Crippen LogP contribution in [-0.2, 0) is 11.2 Å². The smallest absolute Gasteiger partial charge is 0.222 e. The van der Waals surface area contributed by atoms with Crippen LogP contribution in [0.25, 0.3) is 0 Å². The molecule has 0 saturated heterocycles. The Morgan fingerprint density at radius 3 is 2.67 bits per heavy atom. The molecule has 0 unspecified atom stereocenters. The van der Waals surface area contributed by atoms with Crippen LogP contribution < -0.4 is 5.73 Å². The third-order valence-electron chi connectivity index (χ3n) is 4.57. The summed E-state index contributed by atoms with van der Waals surface area (Å²) in [4.78, 5) is 15.6. The van der Waals surface area contributed by atoms with Gasteiger partial charge in [0.15, 0.2) is 0 Å². The molecule has 0 bridgehead atoms. The molecule has 120 valence electrons. The predicted molar refractivity (Wildman–Crippen MR) is 92.1 cm³/mol. The zero-order valence-corrected chi connectivity index (χ0v) is 14.5. The quantitative estimate of drug-likeness (QED) is 0.868.